The summed E-state index contributed by atoms with van der Waals surface area (Å²) in [6, 6.07) is 5.71. The number of amides is 1. The molecule has 0 bridgehead atoms. The number of benzene rings is 1. The van der Waals surface area contributed by atoms with Gasteiger partial charge in [-0.3, -0.25) is 9.79 Å². The van der Waals surface area contributed by atoms with E-state index in [9.17, 15) is 18.0 Å². The summed E-state index contributed by atoms with van der Waals surface area (Å²) in [5.41, 5.74) is -0.256. The van der Waals surface area contributed by atoms with Crippen molar-refractivity contribution in [1.82, 2.24) is 10.3 Å². The Morgan fingerprint density at radius 3 is 2.35 bits per heavy atom. The van der Waals surface area contributed by atoms with Crippen molar-refractivity contribution in [2.45, 2.75) is 121 Å². The number of nitrogens with zero attached hydrogens (tertiary/aromatic N) is 3. The van der Waals surface area contributed by atoms with Crippen LogP contribution in [0.3, 0.4) is 0 Å². The first-order valence-electron chi connectivity index (χ1n) is 16.5. The van der Waals surface area contributed by atoms with Gasteiger partial charge in [-0.2, -0.15) is 13.2 Å². The first-order valence-corrected chi connectivity index (χ1v) is 16.5. The lowest BCUT2D eigenvalue weighted by atomic mass is 9.75. The van der Waals surface area contributed by atoms with Crippen LogP contribution in [0, 0.1) is 11.7 Å². The molecule has 2 aliphatic carbocycles. The fourth-order valence-corrected chi connectivity index (χ4v) is 7.24. The standard InChI is InChI=1S/C34H41BF4N4O3/c1-19-18-33(30(44)41-29(42-33)23-11-12-27(34(37,38)39)40-28(23)21-9-10-21)13-14-43(19)26-17-22(35-45-31(2,3)32(4,5)46-35)16-25(36)24(26)15-20-7-6-8-20/h11-12,16-17,19-21H,6-10,13-15,18H2,1-5H3,(H,41,42,44)/t19-,33+/m0/s1. The van der Waals surface area contributed by atoms with Crippen molar-refractivity contribution < 1.29 is 31.7 Å². The topological polar surface area (TPSA) is 76.1 Å². The summed E-state index contributed by atoms with van der Waals surface area (Å²) < 4.78 is 69.0. The lowest BCUT2D eigenvalue weighted by Gasteiger charge is -2.43. The Hall–Kier alpha value is -2.99. The number of hydrogen-bond acceptors (Lipinski definition) is 6. The van der Waals surface area contributed by atoms with Crippen LogP contribution in [0.15, 0.2) is 29.3 Å². The minimum Gasteiger partial charge on any atom is -0.399 e. The molecule has 246 valence electrons. The van der Waals surface area contributed by atoms with Crippen molar-refractivity contribution in [2.75, 3.05) is 11.4 Å². The molecule has 2 saturated heterocycles. The van der Waals surface area contributed by atoms with Gasteiger partial charge in [-0.1, -0.05) is 19.3 Å². The second-order valence-corrected chi connectivity index (χ2v) is 14.9. The average molecular weight is 641 g/mol. The van der Waals surface area contributed by atoms with Crippen LogP contribution in [0.2, 0.25) is 0 Å². The maximum absolute atomic E-state index is 16.1. The zero-order chi connectivity index (χ0) is 32.8. The third kappa shape index (κ3) is 5.43. The van der Waals surface area contributed by atoms with Crippen LogP contribution in [-0.4, -0.2) is 53.2 Å². The summed E-state index contributed by atoms with van der Waals surface area (Å²) in [6.07, 6.45) is 1.67. The van der Waals surface area contributed by atoms with Crippen molar-refractivity contribution in [3.05, 3.63) is 52.6 Å². The van der Waals surface area contributed by atoms with E-state index in [0.29, 0.717) is 54.0 Å². The van der Waals surface area contributed by atoms with E-state index < -0.39 is 35.7 Å². The van der Waals surface area contributed by atoms with Gasteiger partial charge in [-0.05, 0) is 95.9 Å². The fourth-order valence-electron chi connectivity index (χ4n) is 7.24. The predicted octanol–water partition coefficient (Wildman–Crippen LogP) is 6.06. The molecule has 1 N–H and O–H groups in total. The summed E-state index contributed by atoms with van der Waals surface area (Å²) in [5, 5.41) is 2.89. The molecule has 4 fully saturated rings. The Morgan fingerprint density at radius 2 is 1.76 bits per heavy atom. The van der Waals surface area contributed by atoms with E-state index in [1.807, 2.05) is 40.7 Å². The third-order valence-electron chi connectivity index (χ3n) is 11.1. The molecule has 2 atom stereocenters. The van der Waals surface area contributed by atoms with E-state index in [4.69, 9.17) is 14.3 Å². The number of pyridine rings is 1. The third-order valence-corrected chi connectivity index (χ3v) is 11.1. The molecule has 4 heterocycles. The lowest BCUT2D eigenvalue weighted by molar-refractivity contribution is -0.141. The molecule has 2 saturated carbocycles. The van der Waals surface area contributed by atoms with Crippen molar-refractivity contribution in [2.24, 2.45) is 10.9 Å². The molecule has 3 aliphatic heterocycles. The Balaban J connectivity index is 1.19. The highest BCUT2D eigenvalue weighted by molar-refractivity contribution is 6.62. The zero-order valence-electron chi connectivity index (χ0n) is 27.1. The maximum Gasteiger partial charge on any atom is 0.495 e. The molecule has 1 aromatic heterocycles. The van der Waals surface area contributed by atoms with Crippen molar-refractivity contribution in [1.29, 1.82) is 0 Å². The van der Waals surface area contributed by atoms with Crippen LogP contribution in [0.5, 0.6) is 0 Å². The Kier molecular flexibility index (Phi) is 7.40. The number of carbonyl (C=O) groups is 1. The number of anilines is 1. The van der Waals surface area contributed by atoms with E-state index in [1.165, 1.54) is 6.07 Å². The number of amidine groups is 1. The number of alkyl halides is 3. The second kappa shape index (κ2) is 10.8. The van der Waals surface area contributed by atoms with Gasteiger partial charge in [-0.25, -0.2) is 9.37 Å². The number of aromatic nitrogens is 1. The molecular weight excluding hydrogens is 599 g/mol. The van der Waals surface area contributed by atoms with Gasteiger partial charge in [0, 0.05) is 41.7 Å². The van der Waals surface area contributed by atoms with Crippen LogP contribution in [0.1, 0.15) is 108 Å². The number of aliphatic imine (C=N–C) groups is 1. The second-order valence-electron chi connectivity index (χ2n) is 14.9. The van der Waals surface area contributed by atoms with Crippen LogP contribution >= 0.6 is 0 Å². The molecule has 7 nitrogen and oxygen atoms in total. The summed E-state index contributed by atoms with van der Waals surface area (Å²) in [7, 11) is -0.715. The van der Waals surface area contributed by atoms with Gasteiger partial charge in [0.15, 0.2) is 0 Å². The fraction of sp³-hybridized carbons (Fsp3) is 0.618. The van der Waals surface area contributed by atoms with Gasteiger partial charge in [0.2, 0.25) is 0 Å². The molecule has 0 radical (unpaired) electrons. The molecular formula is C34H41BF4N4O3. The normalized spacial score (nSPS) is 27.6. The predicted molar refractivity (Wildman–Crippen MR) is 168 cm³/mol. The van der Waals surface area contributed by atoms with Gasteiger partial charge < -0.3 is 19.5 Å². The quantitative estimate of drug-likeness (QED) is 0.307. The van der Waals surface area contributed by atoms with Crippen LogP contribution in [0.25, 0.3) is 0 Å². The number of rotatable bonds is 6. The minimum atomic E-state index is -4.55. The zero-order valence-corrected chi connectivity index (χ0v) is 27.1. The largest absolute Gasteiger partial charge is 0.495 e. The van der Waals surface area contributed by atoms with Crippen LogP contribution in [-0.2, 0) is 26.7 Å². The Labute approximate surface area is 267 Å². The van der Waals surface area contributed by atoms with E-state index in [1.54, 1.807) is 6.07 Å². The van der Waals surface area contributed by atoms with E-state index >= 15 is 4.39 Å². The number of nitrogens with one attached hydrogen (secondary N) is 1. The molecule has 2 aromatic rings. The molecule has 1 spiro atoms. The van der Waals surface area contributed by atoms with Gasteiger partial charge >= 0.3 is 13.3 Å². The minimum absolute atomic E-state index is 0.0746. The first-order chi connectivity index (χ1) is 21.6. The molecule has 46 heavy (non-hydrogen) atoms. The van der Waals surface area contributed by atoms with Crippen molar-refractivity contribution in [3.63, 3.8) is 0 Å². The molecule has 5 aliphatic rings. The molecule has 0 unspecified atom stereocenters. The van der Waals surface area contributed by atoms with Gasteiger partial charge in [0.05, 0.1) is 16.9 Å². The Bertz CT molecular complexity index is 1590. The maximum atomic E-state index is 16.1. The number of halogens is 4. The lowest BCUT2D eigenvalue weighted by Crippen LogP contribution is -2.53. The smallest absolute Gasteiger partial charge is 0.399 e. The van der Waals surface area contributed by atoms with Crippen LogP contribution in [0.4, 0.5) is 23.2 Å². The summed E-state index contributed by atoms with van der Waals surface area (Å²) in [4.78, 5) is 24.6. The van der Waals surface area contributed by atoms with Crippen molar-refractivity contribution in [3.8, 4) is 0 Å². The highest BCUT2D eigenvalue weighted by atomic mass is 19.4. The molecule has 12 heteroatoms. The number of hydrogen-bond donors (Lipinski definition) is 1. The monoisotopic (exact) mass is 640 g/mol. The Morgan fingerprint density at radius 1 is 1.07 bits per heavy atom. The highest BCUT2D eigenvalue weighted by Gasteiger charge is 2.53. The van der Waals surface area contributed by atoms with E-state index in [0.717, 1.165) is 43.9 Å². The van der Waals surface area contributed by atoms with Gasteiger partial charge in [0.25, 0.3) is 5.91 Å². The molecule has 7 rings (SSSR count). The molecule has 1 aromatic carbocycles. The molecule has 1 amide bonds. The average Bonchev–Trinajstić information content (AvgIpc) is 3.70. The van der Waals surface area contributed by atoms with E-state index in [-0.39, 0.29) is 29.5 Å². The SMILES string of the molecule is C[C@H]1C[C@@]2(CCN1c1cc(B3OC(C)(C)C(C)(C)O3)cc(F)c1CC1CCC1)N=C(c1ccc(C(F)(F)F)nc1C1CC1)NC2=O. The van der Waals surface area contributed by atoms with Gasteiger partial charge in [-0.15, -0.1) is 0 Å². The highest BCUT2D eigenvalue weighted by Crippen LogP contribution is 2.44. The summed E-state index contributed by atoms with van der Waals surface area (Å²) in [6.45, 7) is 10.3. The van der Waals surface area contributed by atoms with E-state index in [2.05, 4.69) is 15.2 Å². The van der Waals surface area contributed by atoms with Gasteiger partial charge in [0.1, 0.15) is 22.9 Å². The first kappa shape index (κ1) is 31.6. The van der Waals surface area contributed by atoms with Crippen LogP contribution < -0.4 is 15.7 Å². The number of carbonyl (C=O) groups excluding carboxylic acids is 1. The van der Waals surface area contributed by atoms with Crippen molar-refractivity contribution >= 4 is 30.0 Å². The summed E-state index contributed by atoms with van der Waals surface area (Å²) in [5.74, 6) is 0.112. The number of piperidine rings is 1. The summed E-state index contributed by atoms with van der Waals surface area (Å²) >= 11 is 0.